The largest absolute Gasteiger partial charge is 0.0654 e. The van der Waals surface area contributed by atoms with Gasteiger partial charge < -0.3 is 0 Å². The topological polar surface area (TPSA) is 0 Å². The van der Waals surface area contributed by atoms with E-state index < -0.39 is 0 Å². The molecule has 0 heteroatoms. The van der Waals surface area contributed by atoms with Gasteiger partial charge in [0.1, 0.15) is 0 Å². The van der Waals surface area contributed by atoms with Gasteiger partial charge in [-0.2, -0.15) is 0 Å². The van der Waals surface area contributed by atoms with Crippen molar-refractivity contribution in [3.05, 3.63) is 13.8 Å². The average Bonchev–Trinajstić information content (AvgIpc) is 2.17. The van der Waals surface area contributed by atoms with Crippen molar-refractivity contribution in [1.82, 2.24) is 0 Å². The molecule has 0 rings (SSSR count). The molecule has 0 spiro atoms. The average molecular weight is 184 g/mol. The maximum Gasteiger partial charge on any atom is -0.0533 e. The molecule has 0 fully saturated rings. The van der Waals surface area contributed by atoms with E-state index in [4.69, 9.17) is 0 Å². The lowest BCUT2D eigenvalue weighted by Gasteiger charge is -1.90. The molecule has 0 bridgehead atoms. The highest BCUT2D eigenvalue weighted by molar-refractivity contribution is 4.41. The van der Waals surface area contributed by atoms with Crippen LogP contribution in [0, 0.1) is 13.8 Å². The van der Waals surface area contributed by atoms with Gasteiger partial charge in [0.2, 0.25) is 0 Å². The molecule has 0 saturated carbocycles. The minimum absolute atomic E-state index is 1.10. The van der Waals surface area contributed by atoms with Crippen LogP contribution < -0.4 is 0 Å². The highest BCUT2D eigenvalue weighted by Crippen LogP contribution is 1.99. The van der Waals surface area contributed by atoms with Crippen molar-refractivity contribution in [2.24, 2.45) is 0 Å². The highest BCUT2D eigenvalue weighted by atomic mass is 13.9. The van der Waals surface area contributed by atoms with E-state index in [1.165, 1.54) is 44.9 Å². The summed E-state index contributed by atoms with van der Waals surface area (Å²) in [7, 11) is 0. The number of hydrogen-bond acceptors (Lipinski definition) is 0. The summed E-state index contributed by atoms with van der Waals surface area (Å²) in [5, 5.41) is 0. The molecule has 0 aromatic rings. The van der Waals surface area contributed by atoms with Crippen LogP contribution in [0.1, 0.15) is 71.6 Å². The predicted octanol–water partition coefficient (Wildman–Crippen LogP) is 5.19. The van der Waals surface area contributed by atoms with Crippen LogP contribution >= 0.6 is 0 Å². The summed E-state index contributed by atoms with van der Waals surface area (Å²) in [4.78, 5) is 0. The summed E-state index contributed by atoms with van der Waals surface area (Å²) in [6.45, 7) is 11.9. The Morgan fingerprint density at radius 3 is 1.31 bits per heavy atom. The molecule has 2 radical (unpaired) electrons. The molecule has 80 valence electrons. The first-order valence-electron chi connectivity index (χ1n) is 5.91. The van der Waals surface area contributed by atoms with Gasteiger partial charge in [-0.3, -0.25) is 0 Å². The smallest absolute Gasteiger partial charge is 0.0533 e. The standard InChI is InChI=1S/C7H15.C6H13/c1-3-5-7-6-4-2;1-3-5-6-4-2/h1,3-7H2,2H3;1,3-6H2,2H3. The van der Waals surface area contributed by atoms with Gasteiger partial charge in [-0.25, -0.2) is 0 Å². The molecule has 0 atom stereocenters. The zero-order valence-electron chi connectivity index (χ0n) is 9.78. The monoisotopic (exact) mass is 184 g/mol. The minimum atomic E-state index is 1.10. The van der Waals surface area contributed by atoms with Gasteiger partial charge in [-0.15, -0.1) is 0 Å². The second-order valence-electron chi connectivity index (χ2n) is 3.47. The van der Waals surface area contributed by atoms with Crippen LogP contribution in [0.5, 0.6) is 0 Å². The third-order valence-electron chi connectivity index (χ3n) is 1.96. The maximum absolute atomic E-state index is 3.76. The summed E-state index contributed by atoms with van der Waals surface area (Å²) in [6.07, 6.45) is 11.6. The fraction of sp³-hybridized carbons (Fsp3) is 0.846. The van der Waals surface area contributed by atoms with Crippen molar-refractivity contribution in [1.29, 1.82) is 0 Å². The van der Waals surface area contributed by atoms with Crippen molar-refractivity contribution >= 4 is 0 Å². The van der Waals surface area contributed by atoms with E-state index >= 15 is 0 Å². The van der Waals surface area contributed by atoms with Gasteiger partial charge in [-0.05, 0) is 0 Å². The second-order valence-corrected chi connectivity index (χ2v) is 3.47. The molecule has 0 aliphatic rings. The van der Waals surface area contributed by atoms with Crippen LogP contribution in [0.4, 0.5) is 0 Å². The fourth-order valence-corrected chi connectivity index (χ4v) is 1.03. The zero-order chi connectivity index (χ0) is 10.4. The van der Waals surface area contributed by atoms with Crippen LogP contribution in [-0.2, 0) is 0 Å². The van der Waals surface area contributed by atoms with Crippen molar-refractivity contribution in [2.45, 2.75) is 71.6 Å². The number of unbranched alkanes of at least 4 members (excludes halogenated alkanes) is 7. The third kappa shape index (κ3) is 24.5. The highest BCUT2D eigenvalue weighted by Gasteiger charge is 1.80. The van der Waals surface area contributed by atoms with Crippen LogP contribution in [0.15, 0.2) is 0 Å². The molecule has 13 heavy (non-hydrogen) atoms. The first kappa shape index (κ1) is 15.5. The Balaban J connectivity index is 0. The Labute approximate surface area is 86.1 Å². The molecule has 0 aliphatic carbocycles. The second kappa shape index (κ2) is 17.9. The minimum Gasteiger partial charge on any atom is -0.0654 e. The molecule has 0 amide bonds. The SMILES string of the molecule is [CH2]CCCCC.[CH2]CCCCCC. The van der Waals surface area contributed by atoms with Gasteiger partial charge in [0.25, 0.3) is 0 Å². The quantitative estimate of drug-likeness (QED) is 0.477. The molecule has 0 aromatic heterocycles. The Morgan fingerprint density at radius 2 is 1.00 bits per heavy atom. The van der Waals surface area contributed by atoms with Gasteiger partial charge in [0.05, 0.1) is 0 Å². The Morgan fingerprint density at radius 1 is 0.615 bits per heavy atom. The van der Waals surface area contributed by atoms with Crippen molar-refractivity contribution in [3.8, 4) is 0 Å². The molecule has 0 unspecified atom stereocenters. The molecule has 0 saturated heterocycles. The van der Waals surface area contributed by atoms with Crippen LogP contribution in [0.3, 0.4) is 0 Å². The Kier molecular flexibility index (Phi) is 21.3. The van der Waals surface area contributed by atoms with Crippen molar-refractivity contribution < 1.29 is 0 Å². The van der Waals surface area contributed by atoms with E-state index in [9.17, 15) is 0 Å². The lowest BCUT2D eigenvalue weighted by atomic mass is 10.2. The Hall–Kier alpha value is 0. The lowest BCUT2D eigenvalue weighted by Crippen LogP contribution is -1.71. The normalized spacial score (nSPS) is 9.23. The fourth-order valence-electron chi connectivity index (χ4n) is 1.03. The van der Waals surface area contributed by atoms with Crippen LogP contribution in [0.2, 0.25) is 0 Å². The predicted molar refractivity (Wildman–Crippen MR) is 63.6 cm³/mol. The number of rotatable bonds is 7. The molecule has 0 aliphatic heterocycles. The van der Waals surface area contributed by atoms with Crippen LogP contribution in [-0.4, -0.2) is 0 Å². The maximum atomic E-state index is 3.76. The Bertz CT molecular complexity index is 49.1. The van der Waals surface area contributed by atoms with Crippen molar-refractivity contribution in [2.75, 3.05) is 0 Å². The first-order valence-corrected chi connectivity index (χ1v) is 5.91. The van der Waals surface area contributed by atoms with Gasteiger partial charge >= 0.3 is 0 Å². The van der Waals surface area contributed by atoms with Crippen LogP contribution in [0.25, 0.3) is 0 Å². The number of hydrogen-bond donors (Lipinski definition) is 0. The summed E-state index contributed by atoms with van der Waals surface area (Å²) in [5.74, 6) is 0. The van der Waals surface area contributed by atoms with Gasteiger partial charge in [0, 0.05) is 0 Å². The van der Waals surface area contributed by atoms with E-state index in [2.05, 4.69) is 27.7 Å². The van der Waals surface area contributed by atoms with Crippen molar-refractivity contribution in [3.63, 3.8) is 0 Å². The van der Waals surface area contributed by atoms with E-state index in [1.807, 2.05) is 0 Å². The summed E-state index contributed by atoms with van der Waals surface area (Å²) < 4.78 is 0. The van der Waals surface area contributed by atoms with E-state index in [0.29, 0.717) is 0 Å². The molecular weight excluding hydrogens is 156 g/mol. The molecule has 0 aromatic carbocycles. The zero-order valence-corrected chi connectivity index (χ0v) is 9.78. The third-order valence-corrected chi connectivity index (χ3v) is 1.96. The summed E-state index contributed by atoms with van der Waals surface area (Å²) in [6, 6.07) is 0. The van der Waals surface area contributed by atoms with E-state index in [1.54, 1.807) is 0 Å². The molecule has 0 nitrogen and oxygen atoms in total. The summed E-state index contributed by atoms with van der Waals surface area (Å²) >= 11 is 0. The van der Waals surface area contributed by atoms with Gasteiger partial charge in [-0.1, -0.05) is 85.5 Å². The van der Waals surface area contributed by atoms with E-state index in [-0.39, 0.29) is 0 Å². The lowest BCUT2D eigenvalue weighted by molar-refractivity contribution is 0.673. The first-order chi connectivity index (χ1) is 6.33. The van der Waals surface area contributed by atoms with Gasteiger partial charge in [0.15, 0.2) is 0 Å². The molecular formula is C13H28. The summed E-state index contributed by atoms with van der Waals surface area (Å²) in [5.41, 5.74) is 0. The molecule has 0 N–H and O–H groups in total. The molecule has 0 heterocycles. The van der Waals surface area contributed by atoms with E-state index in [0.717, 1.165) is 12.8 Å².